The lowest BCUT2D eigenvalue weighted by atomic mass is 9.80. The van der Waals surface area contributed by atoms with Crippen LogP contribution in [0.25, 0.3) is 0 Å². The number of ketones is 1. The van der Waals surface area contributed by atoms with E-state index in [0.717, 1.165) is 11.1 Å². The van der Waals surface area contributed by atoms with E-state index in [1.54, 1.807) is 33.8 Å². The summed E-state index contributed by atoms with van der Waals surface area (Å²) in [5.74, 6) is -2.59. The monoisotopic (exact) mass is 476 g/mol. The number of rotatable bonds is 6. The van der Waals surface area contributed by atoms with Crippen LogP contribution in [-0.4, -0.2) is 34.5 Å². The molecule has 0 spiro atoms. The number of allylic oxidation sites excluding steroid dienone is 1. The molecule has 6 heteroatoms. The lowest BCUT2D eigenvalue weighted by molar-refractivity contribution is -0.198. The van der Waals surface area contributed by atoms with Crippen molar-refractivity contribution >= 4 is 17.7 Å². The van der Waals surface area contributed by atoms with Gasteiger partial charge in [-0.2, -0.15) is 0 Å². The van der Waals surface area contributed by atoms with Crippen LogP contribution in [0.15, 0.2) is 72.3 Å². The van der Waals surface area contributed by atoms with Crippen LogP contribution in [0.1, 0.15) is 51.7 Å². The number of esters is 2. The maximum absolute atomic E-state index is 13.6. The normalized spacial score (nSPS) is 27.0. The highest BCUT2D eigenvalue weighted by Gasteiger charge is 2.70. The van der Waals surface area contributed by atoms with Crippen LogP contribution in [0.2, 0.25) is 0 Å². The first-order chi connectivity index (χ1) is 16.6. The first-order valence-corrected chi connectivity index (χ1v) is 12.0. The van der Waals surface area contributed by atoms with E-state index in [0.29, 0.717) is 18.4 Å². The van der Waals surface area contributed by atoms with Gasteiger partial charge >= 0.3 is 11.9 Å². The smallest absolute Gasteiger partial charge is 0.351 e. The van der Waals surface area contributed by atoms with Crippen LogP contribution in [0, 0.1) is 5.92 Å². The van der Waals surface area contributed by atoms with E-state index in [1.807, 2.05) is 60.7 Å². The predicted molar refractivity (Wildman–Crippen MR) is 130 cm³/mol. The maximum Gasteiger partial charge on any atom is 0.351 e. The topological polar surface area (TPSA) is 78.9 Å². The quantitative estimate of drug-likeness (QED) is 0.340. The minimum atomic E-state index is -1.95. The summed E-state index contributed by atoms with van der Waals surface area (Å²) in [5.41, 5.74) is -1.71. The largest absolute Gasteiger partial charge is 0.460 e. The predicted octanol–water partition coefficient (Wildman–Crippen LogP) is 4.75. The zero-order chi connectivity index (χ0) is 25.3. The van der Waals surface area contributed by atoms with Gasteiger partial charge in [-0.15, -0.1) is 0 Å². The molecule has 0 aromatic heterocycles. The lowest BCUT2D eigenvalue weighted by Gasteiger charge is -2.37. The molecule has 2 heterocycles. The molecule has 0 N–H and O–H groups in total. The van der Waals surface area contributed by atoms with Gasteiger partial charge in [0.15, 0.2) is 5.78 Å². The van der Waals surface area contributed by atoms with E-state index in [4.69, 9.17) is 14.2 Å². The number of benzene rings is 2. The van der Waals surface area contributed by atoms with Gasteiger partial charge in [-0.1, -0.05) is 66.7 Å². The van der Waals surface area contributed by atoms with E-state index in [-0.39, 0.29) is 18.8 Å². The highest BCUT2D eigenvalue weighted by atomic mass is 16.6. The van der Waals surface area contributed by atoms with Gasteiger partial charge in [0.1, 0.15) is 18.1 Å². The highest BCUT2D eigenvalue weighted by Crippen LogP contribution is 2.54. The summed E-state index contributed by atoms with van der Waals surface area (Å²) in [6, 6.07) is 19.0. The molecule has 2 aliphatic rings. The Morgan fingerprint density at radius 2 is 1.63 bits per heavy atom. The van der Waals surface area contributed by atoms with E-state index >= 15 is 0 Å². The Bertz CT molecular complexity index is 1130. The summed E-state index contributed by atoms with van der Waals surface area (Å²) in [5, 5.41) is 0. The van der Waals surface area contributed by atoms with Gasteiger partial charge in [0.05, 0.1) is 5.60 Å². The Kier molecular flexibility index (Phi) is 6.69. The van der Waals surface area contributed by atoms with Gasteiger partial charge in [-0.25, -0.2) is 4.79 Å². The van der Waals surface area contributed by atoms with Crippen LogP contribution in [0.4, 0.5) is 0 Å². The summed E-state index contributed by atoms with van der Waals surface area (Å²) < 4.78 is 17.7. The summed E-state index contributed by atoms with van der Waals surface area (Å²) in [6.07, 6.45) is 2.63. The molecule has 184 valence electrons. The molecule has 6 nitrogen and oxygen atoms in total. The molecular formula is C29H32O6. The van der Waals surface area contributed by atoms with Gasteiger partial charge in [-0.05, 0) is 57.2 Å². The van der Waals surface area contributed by atoms with Gasteiger partial charge in [0, 0.05) is 6.42 Å². The first-order valence-electron chi connectivity index (χ1n) is 12.0. The fourth-order valence-corrected chi connectivity index (χ4v) is 4.87. The van der Waals surface area contributed by atoms with Crippen LogP contribution in [0.5, 0.6) is 0 Å². The Hall–Kier alpha value is -3.25. The van der Waals surface area contributed by atoms with E-state index in [2.05, 4.69) is 0 Å². The molecule has 2 aliphatic heterocycles. The molecule has 0 unspecified atom stereocenters. The maximum atomic E-state index is 13.6. The van der Waals surface area contributed by atoms with Crippen LogP contribution in [-0.2, 0) is 41.6 Å². The average molecular weight is 477 g/mol. The molecule has 0 amide bonds. The number of ether oxygens (including phenoxy) is 3. The third kappa shape index (κ3) is 4.94. The van der Waals surface area contributed by atoms with Gasteiger partial charge in [0.2, 0.25) is 5.60 Å². The lowest BCUT2D eigenvalue weighted by Crippen LogP contribution is -2.54. The van der Waals surface area contributed by atoms with Gasteiger partial charge in [0.25, 0.3) is 0 Å². The third-order valence-corrected chi connectivity index (χ3v) is 6.50. The number of Topliss-reactive ketones (excluding diaryl/α,β-unsaturated/α-hetero) is 1. The zero-order valence-electron chi connectivity index (χ0n) is 20.7. The molecule has 2 aromatic carbocycles. The molecule has 2 saturated heterocycles. The van der Waals surface area contributed by atoms with E-state index in [9.17, 15) is 14.4 Å². The van der Waals surface area contributed by atoms with Crippen molar-refractivity contribution in [3.8, 4) is 0 Å². The Morgan fingerprint density at radius 3 is 2.23 bits per heavy atom. The molecular weight excluding hydrogens is 444 g/mol. The van der Waals surface area contributed by atoms with Crippen LogP contribution >= 0.6 is 0 Å². The highest BCUT2D eigenvalue weighted by molar-refractivity contribution is 6.13. The SMILES string of the molecule is CC(C)(C)OC(=O)[C@@]12O[C@@](C)(CCC1=O)[C@@H](C(=O)OCc1ccccc1)/C2=C\Cc1ccccc1. The Labute approximate surface area is 206 Å². The fourth-order valence-electron chi connectivity index (χ4n) is 4.87. The standard InChI is InChI=1S/C29H32O6/c1-27(2,3)34-26(32)29-22(16-15-20-11-7-5-8-12-20)24(28(4,35-29)18-17-23(29)30)25(31)33-19-21-13-9-6-10-14-21/h5-14,16,24H,15,17-19H2,1-4H3/b22-16+/t24-,28+,29+/m1/s1. The summed E-state index contributed by atoms with van der Waals surface area (Å²) >= 11 is 0. The molecule has 0 aliphatic carbocycles. The molecule has 3 atom stereocenters. The first kappa shape index (κ1) is 24.9. The van der Waals surface area contributed by atoms with Crippen molar-refractivity contribution in [2.75, 3.05) is 0 Å². The van der Waals surface area contributed by atoms with Crippen LogP contribution < -0.4 is 0 Å². The summed E-state index contributed by atoms with van der Waals surface area (Å²) in [7, 11) is 0. The van der Waals surface area contributed by atoms with Crippen molar-refractivity contribution in [1.29, 1.82) is 0 Å². The minimum absolute atomic E-state index is 0.0889. The number of hydrogen-bond donors (Lipinski definition) is 0. The van der Waals surface area contributed by atoms with E-state index < -0.39 is 34.7 Å². The van der Waals surface area contributed by atoms with Gasteiger partial charge in [-0.3, -0.25) is 9.59 Å². The second kappa shape index (κ2) is 9.42. The molecule has 2 aromatic rings. The Balaban J connectivity index is 1.75. The molecule has 0 saturated carbocycles. The van der Waals surface area contributed by atoms with Gasteiger partial charge < -0.3 is 14.2 Å². The van der Waals surface area contributed by atoms with Crippen molar-refractivity contribution in [3.63, 3.8) is 0 Å². The van der Waals surface area contributed by atoms with E-state index in [1.165, 1.54) is 0 Å². The summed E-state index contributed by atoms with van der Waals surface area (Å²) in [4.78, 5) is 40.5. The molecule has 0 radical (unpaired) electrons. The molecule has 2 bridgehead atoms. The second-order valence-corrected chi connectivity index (χ2v) is 10.4. The van der Waals surface area contributed by atoms with Crippen LogP contribution in [0.3, 0.4) is 0 Å². The van der Waals surface area contributed by atoms with Crippen molar-refractivity contribution in [2.24, 2.45) is 5.92 Å². The Morgan fingerprint density at radius 1 is 1.03 bits per heavy atom. The second-order valence-electron chi connectivity index (χ2n) is 10.4. The van der Waals surface area contributed by atoms with Crippen molar-refractivity contribution in [2.45, 2.75) is 70.4 Å². The zero-order valence-corrected chi connectivity index (χ0v) is 20.7. The molecule has 4 rings (SSSR count). The number of fused-ring (bicyclic) bond motifs is 2. The fraction of sp³-hybridized carbons (Fsp3) is 0.414. The molecule has 35 heavy (non-hydrogen) atoms. The molecule has 2 fully saturated rings. The average Bonchev–Trinajstić information content (AvgIpc) is 3.05. The number of carbonyl (C=O) groups excluding carboxylic acids is 3. The minimum Gasteiger partial charge on any atom is -0.460 e. The number of hydrogen-bond acceptors (Lipinski definition) is 6. The third-order valence-electron chi connectivity index (χ3n) is 6.50. The number of carbonyl (C=O) groups is 3. The van der Waals surface area contributed by atoms with Crippen molar-refractivity contribution in [3.05, 3.63) is 83.4 Å². The van der Waals surface area contributed by atoms with Crippen molar-refractivity contribution in [1.82, 2.24) is 0 Å². The van der Waals surface area contributed by atoms with Crippen molar-refractivity contribution < 1.29 is 28.6 Å². The summed E-state index contributed by atoms with van der Waals surface area (Å²) in [6.45, 7) is 7.08.